The molecule has 3 heterocycles. The van der Waals surface area contributed by atoms with Crippen molar-refractivity contribution in [1.82, 2.24) is 4.98 Å². The molecule has 0 aliphatic carbocycles. The first kappa shape index (κ1) is 21.4. The van der Waals surface area contributed by atoms with Gasteiger partial charge in [0, 0.05) is 5.56 Å². The van der Waals surface area contributed by atoms with Gasteiger partial charge in [0.15, 0.2) is 10.6 Å². The highest BCUT2D eigenvalue weighted by Crippen LogP contribution is 2.46. The molecule has 1 aliphatic heterocycles. The SMILES string of the molecule is COc1ccc(OC)c([C@@H]2c3c(oc4ccccc4c3=O)C(=O)N2c2nc3ccc(C)cc3s2)c1. The van der Waals surface area contributed by atoms with Crippen molar-refractivity contribution < 1.29 is 18.7 Å². The molecule has 7 nitrogen and oxygen atoms in total. The van der Waals surface area contributed by atoms with Crippen molar-refractivity contribution in [3.63, 3.8) is 0 Å². The number of benzene rings is 3. The van der Waals surface area contributed by atoms with Crippen molar-refractivity contribution in [2.45, 2.75) is 13.0 Å². The van der Waals surface area contributed by atoms with E-state index in [-0.39, 0.29) is 16.8 Å². The van der Waals surface area contributed by atoms with Gasteiger partial charge in [-0.2, -0.15) is 0 Å². The maximum absolute atomic E-state index is 13.9. The second-order valence-electron chi connectivity index (χ2n) is 8.32. The third-order valence-electron chi connectivity index (χ3n) is 6.25. The Hall–Kier alpha value is -4.17. The molecule has 0 bridgehead atoms. The van der Waals surface area contributed by atoms with Crippen molar-refractivity contribution >= 4 is 43.6 Å². The number of aryl methyl sites for hydroxylation is 1. The summed E-state index contributed by atoms with van der Waals surface area (Å²) in [6, 6.07) is 17.4. The average molecular weight is 485 g/mol. The summed E-state index contributed by atoms with van der Waals surface area (Å²) >= 11 is 1.39. The van der Waals surface area contributed by atoms with Crippen molar-refractivity contribution in [3.8, 4) is 11.5 Å². The highest BCUT2D eigenvalue weighted by Gasteiger charge is 2.46. The summed E-state index contributed by atoms with van der Waals surface area (Å²) in [7, 11) is 3.12. The average Bonchev–Trinajstić information content (AvgIpc) is 3.41. The van der Waals surface area contributed by atoms with E-state index >= 15 is 0 Å². The van der Waals surface area contributed by atoms with E-state index in [1.54, 1.807) is 56.7 Å². The van der Waals surface area contributed by atoms with E-state index in [0.29, 0.717) is 33.2 Å². The Morgan fingerprint density at radius 2 is 1.83 bits per heavy atom. The summed E-state index contributed by atoms with van der Waals surface area (Å²) in [4.78, 5) is 33.9. The third-order valence-corrected chi connectivity index (χ3v) is 7.27. The normalized spacial score (nSPS) is 15.1. The summed E-state index contributed by atoms with van der Waals surface area (Å²) in [5.74, 6) is 0.685. The molecule has 0 saturated carbocycles. The molecular weight excluding hydrogens is 464 g/mol. The van der Waals surface area contributed by atoms with Crippen molar-refractivity contribution in [2.75, 3.05) is 19.1 Å². The van der Waals surface area contributed by atoms with Crippen LogP contribution < -0.4 is 19.8 Å². The number of hydrogen-bond acceptors (Lipinski definition) is 7. The van der Waals surface area contributed by atoms with E-state index in [4.69, 9.17) is 18.9 Å². The second kappa shape index (κ2) is 7.95. The van der Waals surface area contributed by atoms with Gasteiger partial charge in [0.2, 0.25) is 5.76 Å². The zero-order chi connectivity index (χ0) is 24.3. The number of carbonyl (C=O) groups is 1. The Balaban J connectivity index is 1.67. The number of thiazole rings is 1. The fraction of sp³-hybridized carbons (Fsp3) is 0.148. The lowest BCUT2D eigenvalue weighted by Crippen LogP contribution is -2.29. The van der Waals surface area contributed by atoms with E-state index in [9.17, 15) is 9.59 Å². The standard InChI is InChI=1S/C27H20N2O5S/c1-14-8-10-18-21(12-14)35-27(28-18)29-23(17-13-15(32-2)9-11-19(17)33-3)22-24(30)16-6-4-5-7-20(16)34-25(22)26(29)31/h4-13,23H,1-3H3/t23-/m1/s1. The third kappa shape index (κ3) is 3.21. The molecule has 35 heavy (non-hydrogen) atoms. The molecule has 174 valence electrons. The molecule has 0 N–H and O–H groups in total. The molecule has 1 atom stereocenters. The minimum absolute atomic E-state index is 0.0130. The highest BCUT2D eigenvalue weighted by atomic mass is 32.1. The molecule has 8 heteroatoms. The van der Waals surface area contributed by atoms with Gasteiger partial charge in [0.1, 0.15) is 23.1 Å². The Bertz CT molecular complexity index is 1700. The van der Waals surface area contributed by atoms with Crippen LogP contribution in [0, 0.1) is 6.92 Å². The van der Waals surface area contributed by atoms with Crippen LogP contribution in [0.4, 0.5) is 5.13 Å². The van der Waals surface area contributed by atoms with Gasteiger partial charge in [0.05, 0.1) is 35.4 Å². The Kier molecular flexibility index (Phi) is 4.86. The zero-order valence-corrected chi connectivity index (χ0v) is 20.0. The van der Waals surface area contributed by atoms with Crippen LogP contribution >= 0.6 is 11.3 Å². The van der Waals surface area contributed by atoms with Gasteiger partial charge in [-0.3, -0.25) is 14.5 Å². The molecule has 0 unspecified atom stereocenters. The Morgan fingerprint density at radius 1 is 1.00 bits per heavy atom. The molecule has 3 aromatic carbocycles. The molecule has 1 amide bonds. The summed E-state index contributed by atoms with van der Waals surface area (Å²) < 4.78 is 18.1. The summed E-state index contributed by atoms with van der Waals surface area (Å²) in [5.41, 5.74) is 2.85. The molecule has 5 aromatic rings. The van der Waals surface area contributed by atoms with Crippen LogP contribution in [0.5, 0.6) is 11.5 Å². The number of carbonyl (C=O) groups excluding carboxylic acids is 1. The minimum atomic E-state index is -0.801. The van der Waals surface area contributed by atoms with Crippen LogP contribution in [-0.4, -0.2) is 25.1 Å². The fourth-order valence-corrected chi connectivity index (χ4v) is 5.68. The first-order valence-corrected chi connectivity index (χ1v) is 11.8. The lowest BCUT2D eigenvalue weighted by Gasteiger charge is -2.24. The predicted octanol–water partition coefficient (Wildman–Crippen LogP) is 5.48. The maximum atomic E-state index is 13.9. The van der Waals surface area contributed by atoms with Gasteiger partial charge in [-0.1, -0.05) is 29.5 Å². The molecule has 0 saturated heterocycles. The summed E-state index contributed by atoms with van der Waals surface area (Å²) in [6.45, 7) is 2.01. The zero-order valence-electron chi connectivity index (χ0n) is 19.2. The van der Waals surface area contributed by atoms with Gasteiger partial charge in [-0.15, -0.1) is 0 Å². The largest absolute Gasteiger partial charge is 0.497 e. The van der Waals surface area contributed by atoms with Crippen LogP contribution in [-0.2, 0) is 0 Å². The Labute approximate surface area is 204 Å². The number of nitrogens with zero attached hydrogens (tertiary/aromatic N) is 2. The topological polar surface area (TPSA) is 81.9 Å². The molecule has 0 spiro atoms. The monoisotopic (exact) mass is 484 g/mol. The minimum Gasteiger partial charge on any atom is -0.497 e. The van der Waals surface area contributed by atoms with Gasteiger partial charge in [-0.05, 0) is 55.0 Å². The van der Waals surface area contributed by atoms with E-state index in [1.807, 2.05) is 25.1 Å². The molecule has 0 radical (unpaired) electrons. The van der Waals surface area contributed by atoms with E-state index in [0.717, 1.165) is 15.8 Å². The number of anilines is 1. The first-order valence-electron chi connectivity index (χ1n) is 11.0. The molecule has 2 aromatic heterocycles. The number of hydrogen-bond donors (Lipinski definition) is 0. The number of ether oxygens (including phenoxy) is 2. The van der Waals surface area contributed by atoms with E-state index in [1.165, 1.54) is 16.2 Å². The van der Waals surface area contributed by atoms with Gasteiger partial charge in [-0.25, -0.2) is 4.98 Å². The number of para-hydroxylation sites is 1. The van der Waals surface area contributed by atoms with Gasteiger partial charge < -0.3 is 13.9 Å². The molecule has 0 fully saturated rings. The van der Waals surface area contributed by atoms with E-state index < -0.39 is 11.9 Å². The fourth-order valence-electron chi connectivity index (χ4n) is 4.59. The van der Waals surface area contributed by atoms with Crippen molar-refractivity contribution in [3.05, 3.63) is 93.3 Å². The smallest absolute Gasteiger partial charge is 0.297 e. The van der Waals surface area contributed by atoms with Gasteiger partial charge in [0.25, 0.3) is 5.91 Å². The highest BCUT2D eigenvalue weighted by molar-refractivity contribution is 7.22. The van der Waals surface area contributed by atoms with Crippen molar-refractivity contribution in [2.24, 2.45) is 0 Å². The molecule has 6 rings (SSSR count). The lowest BCUT2D eigenvalue weighted by atomic mass is 9.97. The second-order valence-corrected chi connectivity index (χ2v) is 9.33. The first-order chi connectivity index (χ1) is 17.0. The Morgan fingerprint density at radius 3 is 2.63 bits per heavy atom. The lowest BCUT2D eigenvalue weighted by molar-refractivity contribution is 0.0971. The quantitative estimate of drug-likeness (QED) is 0.336. The number of aromatic nitrogens is 1. The van der Waals surface area contributed by atoms with Crippen LogP contribution in [0.3, 0.4) is 0 Å². The number of methoxy groups -OCH3 is 2. The number of rotatable bonds is 4. The van der Waals surface area contributed by atoms with Crippen LogP contribution in [0.15, 0.2) is 69.9 Å². The van der Waals surface area contributed by atoms with Crippen LogP contribution in [0.2, 0.25) is 0 Å². The van der Waals surface area contributed by atoms with Crippen molar-refractivity contribution in [1.29, 1.82) is 0 Å². The summed E-state index contributed by atoms with van der Waals surface area (Å²) in [5, 5.41) is 0.882. The number of amides is 1. The van der Waals surface area contributed by atoms with E-state index in [2.05, 4.69) is 0 Å². The van der Waals surface area contributed by atoms with Gasteiger partial charge >= 0.3 is 0 Å². The molecular formula is C27H20N2O5S. The number of fused-ring (bicyclic) bond motifs is 3. The predicted molar refractivity (Wildman–Crippen MR) is 135 cm³/mol. The maximum Gasteiger partial charge on any atom is 0.297 e. The molecule has 1 aliphatic rings. The summed E-state index contributed by atoms with van der Waals surface area (Å²) in [6.07, 6.45) is 0. The van der Waals surface area contributed by atoms with Crippen LogP contribution in [0.1, 0.15) is 33.3 Å². The van der Waals surface area contributed by atoms with Crippen LogP contribution in [0.25, 0.3) is 21.2 Å².